The van der Waals surface area contributed by atoms with Crippen molar-refractivity contribution in [2.24, 2.45) is 5.92 Å². The van der Waals surface area contributed by atoms with Gasteiger partial charge in [0.1, 0.15) is 0 Å². The summed E-state index contributed by atoms with van der Waals surface area (Å²) in [5.74, 6) is 0.773. The summed E-state index contributed by atoms with van der Waals surface area (Å²) in [5, 5.41) is 3.44. The van der Waals surface area contributed by atoms with Crippen LogP contribution in [-0.4, -0.2) is 26.8 Å². The molecular formula is C17H29NO2S. The maximum atomic E-state index is 12.5. The molecule has 1 N–H and O–H groups in total. The second-order valence-electron chi connectivity index (χ2n) is 5.97. The van der Waals surface area contributed by atoms with Gasteiger partial charge in [-0.1, -0.05) is 45.9 Å². The third kappa shape index (κ3) is 4.55. The van der Waals surface area contributed by atoms with Gasteiger partial charge in [0, 0.05) is 12.0 Å². The first kappa shape index (κ1) is 18.2. The van der Waals surface area contributed by atoms with Crippen LogP contribution < -0.4 is 5.32 Å². The second-order valence-corrected chi connectivity index (χ2v) is 8.05. The van der Waals surface area contributed by atoms with E-state index in [0.717, 1.165) is 12.1 Å². The molecule has 0 saturated carbocycles. The van der Waals surface area contributed by atoms with Crippen molar-refractivity contribution in [1.82, 2.24) is 5.32 Å². The number of nitrogens with one attached hydrogen (secondary N) is 1. The van der Waals surface area contributed by atoms with Gasteiger partial charge >= 0.3 is 0 Å². The Kier molecular flexibility index (Phi) is 6.88. The molecule has 2 atom stereocenters. The van der Waals surface area contributed by atoms with Crippen molar-refractivity contribution in [3.05, 3.63) is 29.8 Å². The fraction of sp³-hybridized carbons (Fsp3) is 0.647. The number of sulfone groups is 1. The summed E-state index contributed by atoms with van der Waals surface area (Å²) in [7, 11) is -3.20. The second kappa shape index (κ2) is 7.95. The van der Waals surface area contributed by atoms with E-state index in [-0.39, 0.29) is 17.7 Å². The van der Waals surface area contributed by atoms with Gasteiger partial charge in [-0.2, -0.15) is 0 Å². The van der Waals surface area contributed by atoms with Crippen molar-refractivity contribution in [3.63, 3.8) is 0 Å². The fourth-order valence-electron chi connectivity index (χ4n) is 3.07. The largest absolute Gasteiger partial charge is 0.314 e. The van der Waals surface area contributed by atoms with Crippen LogP contribution in [-0.2, 0) is 9.84 Å². The third-order valence-corrected chi connectivity index (χ3v) is 5.86. The lowest BCUT2D eigenvalue weighted by molar-refractivity contribution is 0.378. The van der Waals surface area contributed by atoms with Gasteiger partial charge in [0.25, 0.3) is 0 Å². The number of benzene rings is 1. The van der Waals surface area contributed by atoms with E-state index in [0.29, 0.717) is 17.2 Å². The van der Waals surface area contributed by atoms with E-state index < -0.39 is 9.84 Å². The predicted molar refractivity (Wildman–Crippen MR) is 89.5 cm³/mol. The maximum Gasteiger partial charge on any atom is 0.178 e. The molecule has 21 heavy (non-hydrogen) atoms. The molecule has 2 unspecified atom stereocenters. The molecule has 0 aliphatic rings. The predicted octanol–water partition coefficient (Wildman–Crippen LogP) is 3.61. The number of hydrogen-bond donors (Lipinski definition) is 1. The monoisotopic (exact) mass is 311 g/mol. The summed E-state index contributed by atoms with van der Waals surface area (Å²) in [6, 6.07) is 7.73. The molecule has 0 spiro atoms. The molecule has 120 valence electrons. The molecule has 0 saturated heterocycles. The van der Waals surface area contributed by atoms with Crippen molar-refractivity contribution in [3.8, 4) is 0 Å². The Hall–Kier alpha value is -0.870. The highest BCUT2D eigenvalue weighted by Gasteiger charge is 2.28. The molecule has 0 heterocycles. The van der Waals surface area contributed by atoms with E-state index in [2.05, 4.69) is 33.0 Å². The number of likely N-dealkylation sites (N-methyl/N-ethyl adjacent to an activating group) is 1. The minimum absolute atomic E-state index is 0.188. The average molecular weight is 311 g/mol. The minimum atomic E-state index is -3.20. The van der Waals surface area contributed by atoms with Gasteiger partial charge in [-0.25, -0.2) is 8.42 Å². The van der Waals surface area contributed by atoms with Crippen LogP contribution in [0, 0.1) is 5.92 Å². The Morgan fingerprint density at radius 1 is 1.10 bits per heavy atom. The summed E-state index contributed by atoms with van der Waals surface area (Å²) in [6.45, 7) is 11.3. The van der Waals surface area contributed by atoms with Gasteiger partial charge in [-0.3, -0.25) is 0 Å². The Balaban J connectivity index is 3.33. The summed E-state index contributed by atoms with van der Waals surface area (Å²) in [6.07, 6.45) is 0.645. The third-order valence-electron chi connectivity index (χ3n) is 3.87. The maximum absolute atomic E-state index is 12.5. The molecule has 0 bridgehead atoms. The van der Waals surface area contributed by atoms with Crippen molar-refractivity contribution < 1.29 is 8.42 Å². The summed E-state index contributed by atoms with van der Waals surface area (Å²) in [4.78, 5) is 0.510. The standard InChI is InChI=1S/C17H29NO2S/c1-6-12-21(19,20)16-11-9-8-10-15(16)17(13(3)4)14(5)18-7-2/h8-11,13-14,17-18H,6-7,12H2,1-5H3. The molecule has 0 radical (unpaired) electrons. The van der Waals surface area contributed by atoms with Gasteiger partial charge in [0.05, 0.1) is 10.6 Å². The van der Waals surface area contributed by atoms with Crippen LogP contribution in [0.5, 0.6) is 0 Å². The number of hydrogen-bond acceptors (Lipinski definition) is 3. The van der Waals surface area contributed by atoms with E-state index in [1.807, 2.05) is 25.1 Å². The molecule has 0 fully saturated rings. The lowest BCUT2D eigenvalue weighted by Gasteiger charge is -2.30. The summed E-state index contributed by atoms with van der Waals surface area (Å²) >= 11 is 0. The highest BCUT2D eigenvalue weighted by Crippen LogP contribution is 2.33. The van der Waals surface area contributed by atoms with Crippen LogP contribution >= 0.6 is 0 Å². The lowest BCUT2D eigenvalue weighted by Crippen LogP contribution is -2.35. The molecule has 0 aliphatic heterocycles. The Bertz CT molecular complexity index is 537. The average Bonchev–Trinajstić information content (AvgIpc) is 2.39. The van der Waals surface area contributed by atoms with Crippen molar-refractivity contribution in [2.45, 2.75) is 57.9 Å². The van der Waals surface area contributed by atoms with Crippen molar-refractivity contribution in [2.75, 3.05) is 12.3 Å². The van der Waals surface area contributed by atoms with Gasteiger partial charge in [-0.05, 0) is 37.4 Å². The molecule has 0 aliphatic carbocycles. The zero-order valence-electron chi connectivity index (χ0n) is 13.9. The van der Waals surface area contributed by atoms with Crippen molar-refractivity contribution >= 4 is 9.84 Å². The van der Waals surface area contributed by atoms with Crippen LogP contribution in [0.4, 0.5) is 0 Å². The van der Waals surface area contributed by atoms with Crippen LogP contribution in [0.15, 0.2) is 29.2 Å². The topological polar surface area (TPSA) is 46.2 Å². The molecule has 4 heteroatoms. The molecule has 1 aromatic carbocycles. The smallest absolute Gasteiger partial charge is 0.178 e. The molecule has 1 rings (SSSR count). The zero-order valence-corrected chi connectivity index (χ0v) is 14.7. The molecule has 3 nitrogen and oxygen atoms in total. The Morgan fingerprint density at radius 2 is 1.71 bits per heavy atom. The first-order valence-electron chi connectivity index (χ1n) is 7.90. The molecule has 1 aromatic rings. The highest BCUT2D eigenvalue weighted by atomic mass is 32.2. The summed E-state index contributed by atoms with van der Waals surface area (Å²) in [5.41, 5.74) is 0.953. The van der Waals surface area contributed by atoms with Gasteiger partial charge in [-0.15, -0.1) is 0 Å². The Labute approximate surface area is 130 Å². The Morgan fingerprint density at radius 3 is 2.24 bits per heavy atom. The van der Waals surface area contributed by atoms with Gasteiger partial charge in [0.2, 0.25) is 0 Å². The SMILES string of the molecule is CCCS(=O)(=O)c1ccccc1C(C(C)C)C(C)NCC. The quantitative estimate of drug-likeness (QED) is 0.798. The van der Waals surface area contributed by atoms with Gasteiger partial charge < -0.3 is 5.32 Å². The normalized spacial score (nSPS) is 15.1. The van der Waals surface area contributed by atoms with Crippen molar-refractivity contribution in [1.29, 1.82) is 0 Å². The van der Waals surface area contributed by atoms with E-state index in [4.69, 9.17) is 0 Å². The van der Waals surface area contributed by atoms with E-state index in [9.17, 15) is 8.42 Å². The van der Waals surface area contributed by atoms with E-state index in [1.165, 1.54) is 0 Å². The van der Waals surface area contributed by atoms with E-state index in [1.54, 1.807) is 6.07 Å². The highest BCUT2D eigenvalue weighted by molar-refractivity contribution is 7.91. The van der Waals surface area contributed by atoms with Crippen LogP contribution in [0.25, 0.3) is 0 Å². The van der Waals surface area contributed by atoms with Crippen LogP contribution in [0.2, 0.25) is 0 Å². The fourth-order valence-corrected chi connectivity index (χ4v) is 4.68. The minimum Gasteiger partial charge on any atom is -0.314 e. The number of rotatable bonds is 8. The van der Waals surface area contributed by atoms with E-state index >= 15 is 0 Å². The summed E-state index contributed by atoms with van der Waals surface area (Å²) < 4.78 is 25.1. The lowest BCUT2D eigenvalue weighted by atomic mass is 9.83. The van der Waals surface area contributed by atoms with Crippen LogP contribution in [0.1, 0.15) is 52.5 Å². The van der Waals surface area contributed by atoms with Gasteiger partial charge in [0.15, 0.2) is 9.84 Å². The molecular weight excluding hydrogens is 282 g/mol. The molecule has 0 aromatic heterocycles. The van der Waals surface area contributed by atoms with Crippen LogP contribution in [0.3, 0.4) is 0 Å². The first-order chi connectivity index (χ1) is 9.85. The zero-order chi connectivity index (χ0) is 16.0. The first-order valence-corrected chi connectivity index (χ1v) is 9.55. The molecule has 0 amide bonds.